The van der Waals surface area contributed by atoms with Crippen LogP contribution >= 0.6 is 0 Å². The molecule has 0 unspecified atom stereocenters. The molecule has 124 valence electrons. The van der Waals surface area contributed by atoms with Gasteiger partial charge in [-0.05, 0) is 44.0 Å². The van der Waals surface area contributed by atoms with Crippen molar-refractivity contribution in [2.24, 2.45) is 0 Å². The van der Waals surface area contributed by atoms with Crippen molar-refractivity contribution in [2.75, 3.05) is 6.61 Å². The molecule has 4 rings (SSSR count). The Hall–Kier alpha value is -2.62. The third-order valence-corrected chi connectivity index (χ3v) is 4.59. The largest absolute Gasteiger partial charge is 0.508 e. The zero-order valence-corrected chi connectivity index (χ0v) is 13.7. The average Bonchev–Trinajstić information content (AvgIpc) is 2.52. The monoisotopic (exact) mass is 324 g/mol. The van der Waals surface area contributed by atoms with Crippen molar-refractivity contribution in [2.45, 2.75) is 31.8 Å². The molecule has 0 bridgehead atoms. The fourth-order valence-electron chi connectivity index (χ4n) is 3.34. The maximum atomic E-state index is 10.1. The molecule has 1 atom stereocenters. The Labute approximate surface area is 141 Å². The lowest BCUT2D eigenvalue weighted by Crippen LogP contribution is -2.28. The van der Waals surface area contributed by atoms with Crippen LogP contribution in [0.5, 0.6) is 23.0 Å². The lowest BCUT2D eigenvalue weighted by molar-refractivity contribution is 0.157. The molecule has 24 heavy (non-hydrogen) atoms. The number of phenols is 2. The SMILES string of the molecule is CC1(C)C=Cc2cc3c(cc2O1)OC[C@@H](c1ccc(O)cc1O)C3. The topological polar surface area (TPSA) is 58.9 Å². The molecule has 4 nitrogen and oxygen atoms in total. The van der Waals surface area contributed by atoms with E-state index in [4.69, 9.17) is 9.47 Å². The molecule has 2 aliphatic rings. The van der Waals surface area contributed by atoms with Gasteiger partial charge in [-0.2, -0.15) is 0 Å². The molecule has 2 aromatic carbocycles. The quantitative estimate of drug-likeness (QED) is 0.832. The summed E-state index contributed by atoms with van der Waals surface area (Å²) in [5.41, 5.74) is 2.64. The Morgan fingerprint density at radius 2 is 1.92 bits per heavy atom. The van der Waals surface area contributed by atoms with Crippen molar-refractivity contribution in [3.8, 4) is 23.0 Å². The van der Waals surface area contributed by atoms with Gasteiger partial charge in [0, 0.05) is 29.2 Å². The van der Waals surface area contributed by atoms with E-state index in [2.05, 4.69) is 18.2 Å². The highest BCUT2D eigenvalue weighted by Crippen LogP contribution is 2.42. The standard InChI is InChI=1S/C20H20O4/c1-20(2)6-5-12-7-13-8-14(11-23-18(13)10-19(12)24-20)16-4-3-15(21)9-17(16)22/h3-7,9-10,14,21-22H,8,11H2,1-2H3/t14-/m0/s1. The second-order valence-corrected chi connectivity index (χ2v) is 6.99. The van der Waals surface area contributed by atoms with E-state index in [-0.39, 0.29) is 23.0 Å². The van der Waals surface area contributed by atoms with Crippen molar-refractivity contribution >= 4 is 6.08 Å². The predicted molar refractivity (Wildman–Crippen MR) is 91.9 cm³/mol. The fourth-order valence-corrected chi connectivity index (χ4v) is 3.34. The Bertz CT molecular complexity index is 836. The minimum absolute atomic E-state index is 0.0566. The molecule has 4 heteroatoms. The number of rotatable bonds is 1. The van der Waals surface area contributed by atoms with E-state index in [0.29, 0.717) is 6.61 Å². The van der Waals surface area contributed by atoms with E-state index in [1.165, 1.54) is 6.07 Å². The molecule has 0 spiro atoms. The minimum Gasteiger partial charge on any atom is -0.508 e. The number of fused-ring (bicyclic) bond motifs is 2. The van der Waals surface area contributed by atoms with Crippen molar-refractivity contribution in [1.82, 2.24) is 0 Å². The van der Waals surface area contributed by atoms with Gasteiger partial charge in [0.15, 0.2) is 0 Å². The number of aromatic hydroxyl groups is 2. The summed E-state index contributed by atoms with van der Waals surface area (Å²) in [5, 5.41) is 19.6. The van der Waals surface area contributed by atoms with Crippen LogP contribution in [0.3, 0.4) is 0 Å². The highest BCUT2D eigenvalue weighted by Gasteiger charge is 2.28. The summed E-state index contributed by atoms with van der Waals surface area (Å²) in [6, 6.07) is 8.78. The van der Waals surface area contributed by atoms with Gasteiger partial charge in [-0.15, -0.1) is 0 Å². The Morgan fingerprint density at radius 1 is 1.08 bits per heavy atom. The van der Waals surface area contributed by atoms with Gasteiger partial charge < -0.3 is 19.7 Å². The first kappa shape index (κ1) is 14.9. The van der Waals surface area contributed by atoms with E-state index in [1.807, 2.05) is 19.9 Å². The molecule has 0 aliphatic carbocycles. The molecule has 0 radical (unpaired) electrons. The van der Waals surface area contributed by atoms with Gasteiger partial charge in [-0.1, -0.05) is 12.1 Å². The minimum atomic E-state index is -0.309. The number of phenolic OH excluding ortho intramolecular Hbond substituents is 2. The number of hydrogen-bond acceptors (Lipinski definition) is 4. The molecule has 2 heterocycles. The van der Waals surface area contributed by atoms with Gasteiger partial charge in [-0.25, -0.2) is 0 Å². The Kier molecular flexibility index (Phi) is 3.23. The zero-order chi connectivity index (χ0) is 16.9. The van der Waals surface area contributed by atoms with Crippen LogP contribution < -0.4 is 9.47 Å². The third-order valence-electron chi connectivity index (χ3n) is 4.59. The first-order valence-electron chi connectivity index (χ1n) is 8.11. The molecular weight excluding hydrogens is 304 g/mol. The lowest BCUT2D eigenvalue weighted by Gasteiger charge is -2.31. The maximum Gasteiger partial charge on any atom is 0.131 e. The van der Waals surface area contributed by atoms with Gasteiger partial charge in [0.05, 0.1) is 6.61 Å². The number of hydrogen-bond donors (Lipinski definition) is 2. The van der Waals surface area contributed by atoms with Crippen LogP contribution in [0.2, 0.25) is 0 Å². The van der Waals surface area contributed by atoms with E-state index < -0.39 is 0 Å². The summed E-state index contributed by atoms with van der Waals surface area (Å²) < 4.78 is 11.9. The van der Waals surface area contributed by atoms with Crippen LogP contribution in [0.25, 0.3) is 6.08 Å². The number of ether oxygens (including phenoxy) is 2. The van der Waals surface area contributed by atoms with E-state index in [9.17, 15) is 10.2 Å². The second kappa shape index (κ2) is 5.20. The van der Waals surface area contributed by atoms with Gasteiger partial charge in [-0.3, -0.25) is 0 Å². The molecule has 0 amide bonds. The van der Waals surface area contributed by atoms with E-state index in [1.54, 1.807) is 12.1 Å². The second-order valence-electron chi connectivity index (χ2n) is 6.99. The van der Waals surface area contributed by atoms with Crippen LogP contribution in [-0.4, -0.2) is 22.4 Å². The highest BCUT2D eigenvalue weighted by molar-refractivity contribution is 5.65. The summed E-state index contributed by atoms with van der Waals surface area (Å²) >= 11 is 0. The molecule has 2 N–H and O–H groups in total. The Morgan fingerprint density at radius 3 is 2.71 bits per heavy atom. The van der Waals surface area contributed by atoms with Crippen molar-refractivity contribution in [3.63, 3.8) is 0 Å². The van der Waals surface area contributed by atoms with Gasteiger partial charge in [0.2, 0.25) is 0 Å². The summed E-state index contributed by atoms with van der Waals surface area (Å²) in [7, 11) is 0. The summed E-state index contributed by atoms with van der Waals surface area (Å²) in [4.78, 5) is 0. The fraction of sp³-hybridized carbons (Fsp3) is 0.300. The first-order chi connectivity index (χ1) is 11.4. The summed E-state index contributed by atoms with van der Waals surface area (Å²) in [6.45, 7) is 4.54. The highest BCUT2D eigenvalue weighted by atomic mass is 16.5. The molecule has 2 aliphatic heterocycles. The van der Waals surface area contributed by atoms with Crippen LogP contribution in [0.4, 0.5) is 0 Å². The summed E-state index contributed by atoms with van der Waals surface area (Å²) in [6.07, 6.45) is 4.91. The van der Waals surface area contributed by atoms with Crippen LogP contribution in [0, 0.1) is 0 Å². The summed E-state index contributed by atoms with van der Waals surface area (Å²) in [5.74, 6) is 1.91. The maximum absolute atomic E-state index is 10.1. The predicted octanol–water partition coefficient (Wildman–Crippen LogP) is 4.00. The molecule has 0 fully saturated rings. The van der Waals surface area contributed by atoms with Crippen LogP contribution in [0.15, 0.2) is 36.4 Å². The molecule has 0 saturated heterocycles. The normalized spacial score (nSPS) is 20.5. The first-order valence-corrected chi connectivity index (χ1v) is 8.11. The van der Waals surface area contributed by atoms with Gasteiger partial charge in [0.25, 0.3) is 0 Å². The Balaban J connectivity index is 1.66. The number of benzene rings is 2. The van der Waals surface area contributed by atoms with Gasteiger partial charge >= 0.3 is 0 Å². The van der Waals surface area contributed by atoms with Crippen LogP contribution in [0.1, 0.15) is 36.5 Å². The van der Waals surface area contributed by atoms with E-state index >= 15 is 0 Å². The van der Waals surface area contributed by atoms with Crippen LogP contribution in [-0.2, 0) is 6.42 Å². The van der Waals surface area contributed by atoms with E-state index in [0.717, 1.165) is 34.6 Å². The smallest absolute Gasteiger partial charge is 0.131 e. The average molecular weight is 324 g/mol. The lowest BCUT2D eigenvalue weighted by atomic mass is 9.88. The zero-order valence-electron chi connectivity index (χ0n) is 13.7. The molecule has 0 saturated carbocycles. The van der Waals surface area contributed by atoms with Crippen molar-refractivity contribution < 1.29 is 19.7 Å². The van der Waals surface area contributed by atoms with Gasteiger partial charge in [0.1, 0.15) is 28.6 Å². The molecule has 2 aromatic rings. The molecule has 0 aromatic heterocycles. The molecular formula is C20H20O4. The van der Waals surface area contributed by atoms with Crippen molar-refractivity contribution in [1.29, 1.82) is 0 Å². The van der Waals surface area contributed by atoms with Crippen molar-refractivity contribution in [3.05, 3.63) is 53.1 Å². The third kappa shape index (κ3) is 2.58.